The number of aryl methyl sites for hydroxylation is 1. The summed E-state index contributed by atoms with van der Waals surface area (Å²) in [6, 6.07) is 6.80. The summed E-state index contributed by atoms with van der Waals surface area (Å²) in [6.45, 7) is 1.82. The molecule has 0 aliphatic heterocycles. The summed E-state index contributed by atoms with van der Waals surface area (Å²) in [7, 11) is 0. The van der Waals surface area contributed by atoms with Crippen molar-refractivity contribution in [2.24, 2.45) is 5.73 Å². The lowest BCUT2D eigenvalue weighted by Gasteiger charge is -2.12. The Bertz CT molecular complexity index is 644. The number of nitrogens with two attached hydrogens (primary N) is 1. The first-order chi connectivity index (χ1) is 9.00. The first-order valence-corrected chi connectivity index (χ1v) is 6.18. The zero-order chi connectivity index (χ0) is 14.0. The molecule has 19 heavy (non-hydrogen) atoms. The normalized spacial score (nSPS) is 10.3. The molecule has 2 aromatic rings. The van der Waals surface area contributed by atoms with E-state index in [0.29, 0.717) is 21.4 Å². The van der Waals surface area contributed by atoms with Gasteiger partial charge < -0.3 is 10.5 Å². The maximum Gasteiger partial charge on any atom is 0.230 e. The summed E-state index contributed by atoms with van der Waals surface area (Å²) in [6.07, 6.45) is 1.58. The molecule has 0 unspecified atom stereocenters. The topological polar surface area (TPSA) is 72.0 Å². The molecule has 3 N–H and O–H groups in total. The number of benzene rings is 1. The second-order valence-electron chi connectivity index (χ2n) is 3.88. The van der Waals surface area contributed by atoms with Gasteiger partial charge in [-0.05, 0) is 30.7 Å². The van der Waals surface area contributed by atoms with Crippen molar-refractivity contribution in [3.8, 4) is 11.6 Å². The van der Waals surface area contributed by atoms with Crippen molar-refractivity contribution < 1.29 is 4.74 Å². The summed E-state index contributed by atoms with van der Waals surface area (Å²) in [4.78, 5) is 4.08. The summed E-state index contributed by atoms with van der Waals surface area (Å²) in [5.41, 5.74) is 6.79. The summed E-state index contributed by atoms with van der Waals surface area (Å²) < 4.78 is 5.61. The third-order valence-corrected chi connectivity index (χ3v) is 3.32. The standard InChI is InChI=1S/C13H11Cl2N3O/c1-7-5-6-18-13(10(7)12(16)17)19-9-4-2-3-8(14)11(9)15/h2-6H,1H3,(H3,16,17). The maximum atomic E-state index is 7.58. The molecule has 0 amide bonds. The van der Waals surface area contributed by atoms with Gasteiger partial charge in [-0.3, -0.25) is 5.41 Å². The minimum atomic E-state index is -0.112. The van der Waals surface area contributed by atoms with E-state index in [-0.39, 0.29) is 11.7 Å². The van der Waals surface area contributed by atoms with E-state index in [9.17, 15) is 0 Å². The highest BCUT2D eigenvalue weighted by atomic mass is 35.5. The number of rotatable bonds is 3. The van der Waals surface area contributed by atoms with Crippen LogP contribution < -0.4 is 10.5 Å². The third kappa shape index (κ3) is 2.80. The van der Waals surface area contributed by atoms with Crippen LogP contribution in [0.5, 0.6) is 11.6 Å². The largest absolute Gasteiger partial charge is 0.437 e. The number of hydrogen-bond donors (Lipinski definition) is 2. The van der Waals surface area contributed by atoms with Crippen LogP contribution in [0, 0.1) is 12.3 Å². The van der Waals surface area contributed by atoms with Crippen molar-refractivity contribution in [1.29, 1.82) is 5.41 Å². The molecule has 0 fully saturated rings. The molecular formula is C13H11Cl2N3O. The summed E-state index contributed by atoms with van der Waals surface area (Å²) >= 11 is 12.0. The summed E-state index contributed by atoms with van der Waals surface area (Å²) in [5.74, 6) is 0.491. The molecule has 0 saturated heterocycles. The van der Waals surface area contributed by atoms with Crippen molar-refractivity contribution in [2.75, 3.05) is 0 Å². The van der Waals surface area contributed by atoms with Gasteiger partial charge in [0.15, 0.2) is 0 Å². The number of halogens is 2. The van der Waals surface area contributed by atoms with E-state index in [1.165, 1.54) is 0 Å². The van der Waals surface area contributed by atoms with E-state index in [2.05, 4.69) is 4.98 Å². The molecule has 1 aromatic carbocycles. The molecule has 0 saturated carbocycles. The summed E-state index contributed by atoms with van der Waals surface area (Å²) in [5, 5.41) is 8.26. The van der Waals surface area contributed by atoms with Gasteiger partial charge in [-0.15, -0.1) is 0 Å². The Balaban J connectivity index is 2.47. The number of nitrogen functional groups attached to an aromatic ring is 1. The van der Waals surface area contributed by atoms with Gasteiger partial charge in [0, 0.05) is 6.20 Å². The van der Waals surface area contributed by atoms with E-state index in [1.54, 1.807) is 30.5 Å². The van der Waals surface area contributed by atoms with Crippen LogP contribution in [0.25, 0.3) is 0 Å². The molecule has 0 spiro atoms. The van der Waals surface area contributed by atoms with Crippen LogP contribution in [-0.2, 0) is 0 Å². The van der Waals surface area contributed by atoms with Gasteiger partial charge in [-0.2, -0.15) is 0 Å². The quantitative estimate of drug-likeness (QED) is 0.669. The lowest BCUT2D eigenvalue weighted by molar-refractivity contribution is 0.461. The Hall–Kier alpha value is -1.78. The van der Waals surface area contributed by atoms with Crippen molar-refractivity contribution >= 4 is 29.0 Å². The number of hydrogen-bond acceptors (Lipinski definition) is 3. The van der Waals surface area contributed by atoms with Crippen molar-refractivity contribution in [1.82, 2.24) is 4.98 Å². The average molecular weight is 296 g/mol. The van der Waals surface area contributed by atoms with E-state index in [1.807, 2.05) is 6.92 Å². The van der Waals surface area contributed by atoms with E-state index in [0.717, 1.165) is 5.56 Å². The third-order valence-electron chi connectivity index (χ3n) is 2.52. The van der Waals surface area contributed by atoms with Gasteiger partial charge in [-0.25, -0.2) is 4.98 Å². The zero-order valence-corrected chi connectivity index (χ0v) is 11.6. The van der Waals surface area contributed by atoms with Crippen LogP contribution >= 0.6 is 23.2 Å². The molecule has 2 rings (SSSR count). The highest BCUT2D eigenvalue weighted by molar-refractivity contribution is 6.42. The first-order valence-electron chi connectivity index (χ1n) is 5.42. The number of pyridine rings is 1. The van der Waals surface area contributed by atoms with Crippen LogP contribution in [0.1, 0.15) is 11.1 Å². The van der Waals surface area contributed by atoms with Gasteiger partial charge in [0.2, 0.25) is 5.88 Å². The number of aromatic nitrogens is 1. The molecule has 98 valence electrons. The second-order valence-corrected chi connectivity index (χ2v) is 4.66. The molecule has 1 heterocycles. The highest BCUT2D eigenvalue weighted by Gasteiger charge is 2.14. The average Bonchev–Trinajstić information content (AvgIpc) is 2.34. The Morgan fingerprint density at radius 2 is 2.05 bits per heavy atom. The SMILES string of the molecule is Cc1ccnc(Oc2cccc(Cl)c2Cl)c1C(=N)N. The molecule has 1 aromatic heterocycles. The fraction of sp³-hybridized carbons (Fsp3) is 0.0769. The van der Waals surface area contributed by atoms with Crippen LogP contribution in [0.3, 0.4) is 0 Å². The minimum absolute atomic E-state index is 0.112. The molecule has 0 aliphatic rings. The van der Waals surface area contributed by atoms with E-state index in [4.69, 9.17) is 39.1 Å². The predicted octanol–water partition coefficient (Wildman–Crippen LogP) is 3.77. The Labute approximate surface area is 120 Å². The van der Waals surface area contributed by atoms with Gasteiger partial charge in [-0.1, -0.05) is 29.3 Å². The zero-order valence-electron chi connectivity index (χ0n) is 10.1. The van der Waals surface area contributed by atoms with E-state index >= 15 is 0 Å². The number of ether oxygens (including phenoxy) is 1. The molecule has 0 radical (unpaired) electrons. The molecule has 0 atom stereocenters. The van der Waals surface area contributed by atoms with Crippen LogP contribution in [0.15, 0.2) is 30.5 Å². The van der Waals surface area contributed by atoms with Crippen molar-refractivity contribution in [2.45, 2.75) is 6.92 Å². The monoisotopic (exact) mass is 295 g/mol. The maximum absolute atomic E-state index is 7.58. The van der Waals surface area contributed by atoms with E-state index < -0.39 is 0 Å². The number of nitrogens with one attached hydrogen (secondary N) is 1. The Morgan fingerprint density at radius 1 is 1.32 bits per heavy atom. The highest BCUT2D eigenvalue weighted by Crippen LogP contribution is 2.35. The molecule has 0 aliphatic carbocycles. The van der Waals surface area contributed by atoms with Gasteiger partial charge in [0.25, 0.3) is 0 Å². The second kappa shape index (κ2) is 5.47. The minimum Gasteiger partial charge on any atom is -0.437 e. The van der Waals surface area contributed by atoms with Crippen LogP contribution in [0.4, 0.5) is 0 Å². The van der Waals surface area contributed by atoms with Crippen LogP contribution in [-0.4, -0.2) is 10.8 Å². The van der Waals surface area contributed by atoms with Gasteiger partial charge >= 0.3 is 0 Å². The Kier molecular flexibility index (Phi) is 3.93. The van der Waals surface area contributed by atoms with Crippen molar-refractivity contribution in [3.63, 3.8) is 0 Å². The molecule has 4 nitrogen and oxygen atoms in total. The number of nitrogens with zero attached hydrogens (tertiary/aromatic N) is 1. The fourth-order valence-electron chi connectivity index (χ4n) is 1.61. The van der Waals surface area contributed by atoms with Gasteiger partial charge in [0.1, 0.15) is 16.6 Å². The number of amidine groups is 1. The molecule has 6 heteroatoms. The smallest absolute Gasteiger partial charge is 0.230 e. The fourth-order valence-corrected chi connectivity index (χ4v) is 1.94. The van der Waals surface area contributed by atoms with Crippen LogP contribution in [0.2, 0.25) is 10.0 Å². The molecular weight excluding hydrogens is 285 g/mol. The Morgan fingerprint density at radius 3 is 2.74 bits per heavy atom. The lowest BCUT2D eigenvalue weighted by atomic mass is 10.1. The predicted molar refractivity (Wildman–Crippen MR) is 76.5 cm³/mol. The molecule has 0 bridgehead atoms. The van der Waals surface area contributed by atoms with Crippen molar-refractivity contribution in [3.05, 3.63) is 51.6 Å². The lowest BCUT2D eigenvalue weighted by Crippen LogP contribution is -2.14. The van der Waals surface area contributed by atoms with Gasteiger partial charge in [0.05, 0.1) is 10.6 Å². The first kappa shape index (κ1) is 13.6.